The summed E-state index contributed by atoms with van der Waals surface area (Å²) in [5.74, 6) is 2.98. The van der Waals surface area contributed by atoms with Crippen molar-refractivity contribution in [2.24, 2.45) is 17.8 Å². The van der Waals surface area contributed by atoms with Crippen LogP contribution in [0.15, 0.2) is 0 Å². The molecule has 1 fully saturated rings. The molecule has 0 aromatic rings. The second-order valence-electron chi connectivity index (χ2n) is 4.82. The highest BCUT2D eigenvalue weighted by Gasteiger charge is 2.27. The van der Waals surface area contributed by atoms with E-state index in [-0.39, 0.29) is 0 Å². The van der Waals surface area contributed by atoms with Crippen LogP contribution >= 0.6 is 0 Å². The molecule has 0 amide bonds. The first-order chi connectivity index (χ1) is 6.81. The quantitative estimate of drug-likeness (QED) is 0.712. The molecular weight excluding hydrogens is 170 g/mol. The van der Waals surface area contributed by atoms with Crippen LogP contribution in [0.25, 0.3) is 0 Å². The Morgan fingerprint density at radius 2 is 1.79 bits per heavy atom. The summed E-state index contributed by atoms with van der Waals surface area (Å²) in [6.07, 6.45) is 7.20. The minimum absolute atomic E-state index is 0.961. The van der Waals surface area contributed by atoms with Crippen molar-refractivity contribution < 1.29 is 0 Å². The van der Waals surface area contributed by atoms with Crippen molar-refractivity contribution in [3.05, 3.63) is 0 Å². The van der Waals surface area contributed by atoms with Crippen LogP contribution in [0.5, 0.6) is 0 Å². The first-order valence-electron chi connectivity index (χ1n) is 6.52. The van der Waals surface area contributed by atoms with Gasteiger partial charge in [0, 0.05) is 0 Å². The lowest BCUT2D eigenvalue weighted by atomic mass is 9.72. The van der Waals surface area contributed by atoms with Gasteiger partial charge in [-0.25, -0.2) is 0 Å². The Kier molecular flexibility index (Phi) is 5.54. The summed E-state index contributed by atoms with van der Waals surface area (Å²) in [6, 6.07) is 0. The summed E-state index contributed by atoms with van der Waals surface area (Å²) in [4.78, 5) is 0. The van der Waals surface area contributed by atoms with Crippen molar-refractivity contribution in [1.82, 2.24) is 5.32 Å². The third-order valence-corrected chi connectivity index (χ3v) is 4.01. The lowest BCUT2D eigenvalue weighted by Crippen LogP contribution is -2.32. The van der Waals surface area contributed by atoms with Crippen LogP contribution in [0.4, 0.5) is 0 Å². The molecule has 0 spiro atoms. The predicted molar refractivity (Wildman–Crippen MR) is 63.4 cm³/mol. The van der Waals surface area contributed by atoms with E-state index in [1.165, 1.54) is 38.6 Å². The first kappa shape index (κ1) is 12.0. The van der Waals surface area contributed by atoms with Gasteiger partial charge < -0.3 is 5.32 Å². The molecule has 0 radical (unpaired) electrons. The van der Waals surface area contributed by atoms with Crippen molar-refractivity contribution in [3.8, 4) is 0 Å². The van der Waals surface area contributed by atoms with Crippen LogP contribution in [0, 0.1) is 17.8 Å². The van der Waals surface area contributed by atoms with Crippen molar-refractivity contribution >= 4 is 0 Å². The van der Waals surface area contributed by atoms with Gasteiger partial charge in [0.1, 0.15) is 0 Å². The Labute approximate surface area is 89.7 Å². The van der Waals surface area contributed by atoms with Crippen LogP contribution in [-0.2, 0) is 0 Å². The highest BCUT2D eigenvalue weighted by atomic mass is 14.8. The van der Waals surface area contributed by atoms with Crippen molar-refractivity contribution in [2.75, 3.05) is 13.1 Å². The van der Waals surface area contributed by atoms with Crippen LogP contribution in [0.3, 0.4) is 0 Å². The summed E-state index contributed by atoms with van der Waals surface area (Å²) >= 11 is 0. The lowest BCUT2D eigenvalue weighted by Gasteiger charge is -2.35. The van der Waals surface area contributed by atoms with E-state index in [1.54, 1.807) is 0 Å². The van der Waals surface area contributed by atoms with Crippen LogP contribution in [-0.4, -0.2) is 13.1 Å². The maximum absolute atomic E-state index is 3.52. The topological polar surface area (TPSA) is 12.0 Å². The van der Waals surface area contributed by atoms with Crippen LogP contribution < -0.4 is 5.32 Å². The smallest absolute Gasteiger partial charge is 0.00180 e. The summed E-state index contributed by atoms with van der Waals surface area (Å²) in [6.45, 7) is 9.30. The maximum Gasteiger partial charge on any atom is -0.00180 e. The summed E-state index contributed by atoms with van der Waals surface area (Å²) in [5.41, 5.74) is 0. The fraction of sp³-hybridized carbons (Fsp3) is 1.00. The van der Waals surface area contributed by atoms with E-state index in [4.69, 9.17) is 0 Å². The van der Waals surface area contributed by atoms with Gasteiger partial charge in [0.05, 0.1) is 0 Å². The normalized spacial score (nSPS) is 33.2. The molecule has 14 heavy (non-hydrogen) atoms. The van der Waals surface area contributed by atoms with E-state index in [0.717, 1.165) is 24.3 Å². The molecule has 0 saturated heterocycles. The van der Waals surface area contributed by atoms with Gasteiger partial charge in [0.25, 0.3) is 0 Å². The van der Waals surface area contributed by atoms with Gasteiger partial charge in [-0.2, -0.15) is 0 Å². The molecule has 1 saturated carbocycles. The molecule has 0 heterocycles. The zero-order valence-electron chi connectivity index (χ0n) is 10.2. The van der Waals surface area contributed by atoms with Crippen LogP contribution in [0.1, 0.15) is 52.9 Å². The van der Waals surface area contributed by atoms with E-state index in [1.807, 2.05) is 0 Å². The standard InChI is InChI=1S/C13H27N/c1-4-11-7-8-13(10-14-6-3)12(5-2)9-11/h11-14H,4-10H2,1-3H3. The van der Waals surface area contributed by atoms with E-state index in [9.17, 15) is 0 Å². The maximum atomic E-state index is 3.52. The predicted octanol–water partition coefficient (Wildman–Crippen LogP) is 3.45. The minimum Gasteiger partial charge on any atom is -0.317 e. The zero-order chi connectivity index (χ0) is 10.4. The van der Waals surface area contributed by atoms with E-state index < -0.39 is 0 Å². The summed E-state index contributed by atoms with van der Waals surface area (Å²) in [5, 5.41) is 3.52. The van der Waals surface area contributed by atoms with Gasteiger partial charge in [-0.3, -0.25) is 0 Å². The molecule has 84 valence electrons. The van der Waals surface area contributed by atoms with Gasteiger partial charge >= 0.3 is 0 Å². The third-order valence-electron chi connectivity index (χ3n) is 4.01. The van der Waals surface area contributed by atoms with Crippen molar-refractivity contribution in [1.29, 1.82) is 0 Å². The lowest BCUT2D eigenvalue weighted by molar-refractivity contribution is 0.168. The molecule has 1 nitrogen and oxygen atoms in total. The third kappa shape index (κ3) is 3.27. The van der Waals surface area contributed by atoms with Crippen LogP contribution in [0.2, 0.25) is 0 Å². The highest BCUT2D eigenvalue weighted by Crippen LogP contribution is 2.36. The molecule has 1 N–H and O–H groups in total. The molecule has 1 rings (SSSR count). The average Bonchev–Trinajstić information content (AvgIpc) is 2.26. The number of hydrogen-bond acceptors (Lipinski definition) is 1. The first-order valence-corrected chi connectivity index (χ1v) is 6.52. The summed E-state index contributed by atoms with van der Waals surface area (Å²) < 4.78 is 0. The Morgan fingerprint density at radius 3 is 2.36 bits per heavy atom. The second-order valence-corrected chi connectivity index (χ2v) is 4.82. The Hall–Kier alpha value is -0.0400. The van der Waals surface area contributed by atoms with Crippen molar-refractivity contribution in [2.45, 2.75) is 52.9 Å². The number of nitrogens with one attached hydrogen (secondary N) is 1. The van der Waals surface area contributed by atoms with Gasteiger partial charge in [-0.05, 0) is 43.7 Å². The molecular formula is C13H27N. The number of rotatable bonds is 5. The number of hydrogen-bond donors (Lipinski definition) is 1. The monoisotopic (exact) mass is 197 g/mol. The molecule has 0 aliphatic heterocycles. The zero-order valence-corrected chi connectivity index (χ0v) is 10.2. The molecule has 0 aromatic heterocycles. The molecule has 1 heteroatoms. The SMILES string of the molecule is CCNCC1CCC(CC)CC1CC. The Morgan fingerprint density at radius 1 is 1.00 bits per heavy atom. The Balaban J connectivity index is 2.35. The van der Waals surface area contributed by atoms with Gasteiger partial charge in [0.15, 0.2) is 0 Å². The van der Waals surface area contributed by atoms with E-state index in [2.05, 4.69) is 26.1 Å². The molecule has 0 bridgehead atoms. The average molecular weight is 197 g/mol. The van der Waals surface area contributed by atoms with E-state index >= 15 is 0 Å². The molecule has 3 unspecified atom stereocenters. The minimum atomic E-state index is 0.961. The molecule has 0 aromatic carbocycles. The fourth-order valence-corrected chi connectivity index (χ4v) is 2.89. The van der Waals surface area contributed by atoms with Gasteiger partial charge in [-0.1, -0.05) is 40.0 Å². The molecule has 3 atom stereocenters. The molecule has 1 aliphatic rings. The summed E-state index contributed by atoms with van der Waals surface area (Å²) in [7, 11) is 0. The molecule has 1 aliphatic carbocycles. The highest BCUT2D eigenvalue weighted by molar-refractivity contribution is 4.80. The fourth-order valence-electron chi connectivity index (χ4n) is 2.89. The van der Waals surface area contributed by atoms with Gasteiger partial charge in [-0.15, -0.1) is 0 Å². The largest absolute Gasteiger partial charge is 0.317 e. The van der Waals surface area contributed by atoms with E-state index in [0.29, 0.717) is 0 Å². The van der Waals surface area contributed by atoms with Gasteiger partial charge in [0.2, 0.25) is 0 Å². The van der Waals surface area contributed by atoms with Crippen molar-refractivity contribution in [3.63, 3.8) is 0 Å². The second kappa shape index (κ2) is 6.44. The Bertz CT molecular complexity index is 144.